The molecule has 0 saturated heterocycles. The molecule has 158 valence electrons. The lowest BCUT2D eigenvalue weighted by atomic mass is 9.90. The number of anilines is 1. The van der Waals surface area contributed by atoms with Crippen LogP contribution in [0.4, 0.5) is 5.69 Å². The van der Waals surface area contributed by atoms with E-state index in [4.69, 9.17) is 21.1 Å². The van der Waals surface area contributed by atoms with Gasteiger partial charge in [0.05, 0.1) is 19.7 Å². The number of hydrogen-bond donors (Lipinski definition) is 2. The van der Waals surface area contributed by atoms with E-state index in [1.54, 1.807) is 14.2 Å². The van der Waals surface area contributed by atoms with Crippen molar-refractivity contribution in [1.82, 2.24) is 10.3 Å². The second kappa shape index (κ2) is 9.54. The third-order valence-electron chi connectivity index (χ3n) is 5.87. The maximum absolute atomic E-state index is 6.11. The van der Waals surface area contributed by atoms with Gasteiger partial charge in [-0.05, 0) is 56.0 Å². The average Bonchev–Trinajstić information content (AvgIpc) is 2.78. The highest BCUT2D eigenvalue weighted by Crippen LogP contribution is 2.29. The van der Waals surface area contributed by atoms with Crippen LogP contribution < -0.4 is 20.1 Å². The van der Waals surface area contributed by atoms with Crippen LogP contribution >= 0.6 is 11.6 Å². The van der Waals surface area contributed by atoms with E-state index in [2.05, 4.69) is 27.8 Å². The number of benzene rings is 2. The Hall–Kier alpha value is -2.50. The van der Waals surface area contributed by atoms with Gasteiger partial charge in [0.1, 0.15) is 11.5 Å². The Bertz CT molecular complexity index is 1000. The minimum absolute atomic E-state index is 0.472. The molecule has 0 radical (unpaired) electrons. The molecule has 1 heterocycles. The van der Waals surface area contributed by atoms with Crippen LogP contribution in [0.1, 0.15) is 31.2 Å². The predicted octanol–water partition coefficient (Wildman–Crippen LogP) is 5.42. The third kappa shape index (κ3) is 4.79. The van der Waals surface area contributed by atoms with Crippen molar-refractivity contribution in [3.63, 3.8) is 0 Å². The number of nitrogens with zero attached hydrogens (tertiary/aromatic N) is 1. The summed E-state index contributed by atoms with van der Waals surface area (Å²) < 4.78 is 10.8. The standard InChI is InChI=1S/C24H28ClN3O2/c1-29-20-9-3-16(24(14-20)30-2)15-27-18-5-7-19(8-6-18)28-22-11-12-26-23-13-17(25)4-10-21(22)23/h3-4,9-14,18-19,27H,5-8,15H2,1-2H3,(H,26,28). The molecule has 0 bridgehead atoms. The Morgan fingerprint density at radius 1 is 0.967 bits per heavy atom. The normalized spacial score (nSPS) is 18.9. The second-order valence-corrected chi connectivity index (χ2v) is 8.21. The summed E-state index contributed by atoms with van der Waals surface area (Å²) in [6.45, 7) is 0.797. The molecule has 4 rings (SSSR count). The number of hydrogen-bond acceptors (Lipinski definition) is 5. The zero-order chi connectivity index (χ0) is 20.9. The number of nitrogens with one attached hydrogen (secondary N) is 2. The Labute approximate surface area is 182 Å². The predicted molar refractivity (Wildman–Crippen MR) is 123 cm³/mol. The third-order valence-corrected chi connectivity index (χ3v) is 6.10. The van der Waals surface area contributed by atoms with E-state index in [0.717, 1.165) is 65.9 Å². The summed E-state index contributed by atoms with van der Waals surface area (Å²) in [5.41, 5.74) is 3.22. The molecule has 3 aromatic rings. The lowest BCUT2D eigenvalue weighted by molar-refractivity contribution is 0.348. The van der Waals surface area contributed by atoms with E-state index in [-0.39, 0.29) is 0 Å². The van der Waals surface area contributed by atoms with Crippen molar-refractivity contribution in [3.05, 3.63) is 59.2 Å². The first-order valence-corrected chi connectivity index (χ1v) is 10.8. The summed E-state index contributed by atoms with van der Waals surface area (Å²) >= 11 is 6.11. The molecule has 0 aliphatic heterocycles. The number of ether oxygens (including phenoxy) is 2. The fourth-order valence-corrected chi connectivity index (χ4v) is 4.33. The zero-order valence-corrected chi connectivity index (χ0v) is 18.2. The van der Waals surface area contributed by atoms with Crippen molar-refractivity contribution in [2.75, 3.05) is 19.5 Å². The van der Waals surface area contributed by atoms with Crippen LogP contribution in [0.5, 0.6) is 11.5 Å². The van der Waals surface area contributed by atoms with E-state index in [9.17, 15) is 0 Å². The molecular weight excluding hydrogens is 398 g/mol. The van der Waals surface area contributed by atoms with Crippen LogP contribution in [-0.2, 0) is 6.54 Å². The van der Waals surface area contributed by atoms with Gasteiger partial charge in [-0.2, -0.15) is 0 Å². The van der Waals surface area contributed by atoms with Crippen LogP contribution in [0.3, 0.4) is 0 Å². The topological polar surface area (TPSA) is 55.4 Å². The highest BCUT2D eigenvalue weighted by atomic mass is 35.5. The van der Waals surface area contributed by atoms with Crippen LogP contribution in [0.15, 0.2) is 48.7 Å². The summed E-state index contributed by atoms with van der Waals surface area (Å²) in [5, 5.41) is 9.26. The summed E-state index contributed by atoms with van der Waals surface area (Å²) in [7, 11) is 3.37. The fourth-order valence-electron chi connectivity index (χ4n) is 4.16. The number of rotatable bonds is 7. The van der Waals surface area contributed by atoms with Gasteiger partial charge in [0.15, 0.2) is 0 Å². The Morgan fingerprint density at radius 2 is 1.77 bits per heavy atom. The monoisotopic (exact) mass is 425 g/mol. The Balaban J connectivity index is 1.32. The lowest BCUT2D eigenvalue weighted by Crippen LogP contribution is -2.36. The number of aromatic nitrogens is 1. The van der Waals surface area contributed by atoms with Gasteiger partial charge in [-0.15, -0.1) is 0 Å². The van der Waals surface area contributed by atoms with Crippen molar-refractivity contribution < 1.29 is 9.47 Å². The van der Waals surface area contributed by atoms with Gasteiger partial charge in [0.2, 0.25) is 0 Å². The first-order chi connectivity index (χ1) is 14.7. The summed E-state index contributed by atoms with van der Waals surface area (Å²) in [4.78, 5) is 4.43. The molecule has 2 aromatic carbocycles. The SMILES string of the molecule is COc1ccc(CNC2CCC(Nc3ccnc4cc(Cl)ccc34)CC2)c(OC)c1. The molecule has 1 fully saturated rings. The van der Waals surface area contributed by atoms with Gasteiger partial charge < -0.3 is 20.1 Å². The molecule has 5 nitrogen and oxygen atoms in total. The number of pyridine rings is 1. The Kier molecular flexibility index (Phi) is 6.60. The van der Waals surface area contributed by atoms with E-state index in [1.165, 1.54) is 0 Å². The number of fused-ring (bicyclic) bond motifs is 1. The van der Waals surface area contributed by atoms with Crippen LogP contribution in [0, 0.1) is 0 Å². The van der Waals surface area contributed by atoms with Gasteiger partial charge >= 0.3 is 0 Å². The van der Waals surface area contributed by atoms with Gasteiger partial charge in [-0.1, -0.05) is 17.7 Å². The largest absolute Gasteiger partial charge is 0.497 e. The minimum Gasteiger partial charge on any atom is -0.497 e. The Morgan fingerprint density at radius 3 is 2.53 bits per heavy atom. The molecule has 1 aliphatic carbocycles. The maximum atomic E-state index is 6.11. The van der Waals surface area contributed by atoms with Crippen molar-refractivity contribution in [3.8, 4) is 11.5 Å². The van der Waals surface area contributed by atoms with Crippen LogP contribution in [0.25, 0.3) is 10.9 Å². The second-order valence-electron chi connectivity index (χ2n) is 7.77. The van der Waals surface area contributed by atoms with E-state index in [0.29, 0.717) is 17.1 Å². The average molecular weight is 426 g/mol. The first-order valence-electron chi connectivity index (χ1n) is 10.4. The van der Waals surface area contributed by atoms with E-state index in [1.807, 2.05) is 36.5 Å². The van der Waals surface area contributed by atoms with Gasteiger partial charge in [0.25, 0.3) is 0 Å². The molecule has 0 unspecified atom stereocenters. The van der Waals surface area contributed by atoms with Gasteiger partial charge in [0, 0.05) is 52.6 Å². The van der Waals surface area contributed by atoms with E-state index >= 15 is 0 Å². The molecule has 1 aromatic heterocycles. The van der Waals surface area contributed by atoms with Gasteiger partial charge in [-0.25, -0.2) is 0 Å². The molecule has 30 heavy (non-hydrogen) atoms. The molecule has 1 aliphatic rings. The number of halogens is 1. The minimum atomic E-state index is 0.472. The molecule has 0 spiro atoms. The molecule has 0 atom stereocenters. The van der Waals surface area contributed by atoms with Crippen molar-refractivity contribution in [2.45, 2.75) is 44.3 Å². The highest BCUT2D eigenvalue weighted by molar-refractivity contribution is 6.31. The number of methoxy groups -OCH3 is 2. The molecule has 2 N–H and O–H groups in total. The smallest absolute Gasteiger partial charge is 0.127 e. The molecule has 0 amide bonds. The molecular formula is C24H28ClN3O2. The van der Waals surface area contributed by atoms with Crippen molar-refractivity contribution in [1.29, 1.82) is 0 Å². The van der Waals surface area contributed by atoms with E-state index < -0.39 is 0 Å². The maximum Gasteiger partial charge on any atom is 0.127 e. The molecule has 1 saturated carbocycles. The first kappa shape index (κ1) is 20.8. The van der Waals surface area contributed by atoms with Crippen molar-refractivity contribution in [2.24, 2.45) is 0 Å². The molecule has 6 heteroatoms. The van der Waals surface area contributed by atoms with Crippen LogP contribution in [-0.4, -0.2) is 31.3 Å². The lowest BCUT2D eigenvalue weighted by Gasteiger charge is -2.31. The van der Waals surface area contributed by atoms with Gasteiger partial charge in [-0.3, -0.25) is 4.98 Å². The van der Waals surface area contributed by atoms with Crippen LogP contribution in [0.2, 0.25) is 5.02 Å². The summed E-state index contributed by atoms with van der Waals surface area (Å²) in [6.07, 6.45) is 6.40. The van der Waals surface area contributed by atoms with Crippen molar-refractivity contribution >= 4 is 28.2 Å². The zero-order valence-electron chi connectivity index (χ0n) is 17.5. The summed E-state index contributed by atoms with van der Waals surface area (Å²) in [5.74, 6) is 1.68. The highest BCUT2D eigenvalue weighted by Gasteiger charge is 2.21. The fraction of sp³-hybridized carbons (Fsp3) is 0.375. The quantitative estimate of drug-likeness (QED) is 0.529. The summed E-state index contributed by atoms with van der Waals surface area (Å²) in [6, 6.07) is 14.9.